The quantitative estimate of drug-likeness (QED) is 0.359. The Kier molecular flexibility index (Phi) is 5.62. The molecule has 0 saturated heterocycles. The van der Waals surface area contributed by atoms with E-state index in [2.05, 4.69) is 113 Å². The van der Waals surface area contributed by atoms with Crippen molar-refractivity contribution in [1.82, 2.24) is 0 Å². The van der Waals surface area contributed by atoms with Crippen LogP contribution in [0.25, 0.3) is 10.8 Å². The summed E-state index contributed by atoms with van der Waals surface area (Å²) in [4.78, 5) is 0. The highest BCUT2D eigenvalue weighted by molar-refractivity contribution is 6.84. The van der Waals surface area contributed by atoms with E-state index in [9.17, 15) is 0 Å². The number of benzene rings is 2. The molecule has 0 aliphatic heterocycles. The Bertz CT molecular complexity index is 938. The Morgan fingerprint density at radius 2 is 1.31 bits per heavy atom. The van der Waals surface area contributed by atoms with Crippen molar-refractivity contribution in [3.05, 3.63) is 47.0 Å². The maximum atomic E-state index is 3.53. The van der Waals surface area contributed by atoms with Gasteiger partial charge >= 0.3 is 0 Å². The third-order valence-electron chi connectivity index (χ3n) is 3.92. The summed E-state index contributed by atoms with van der Waals surface area (Å²) in [5.74, 6) is 6.88. The first-order valence-corrected chi connectivity index (χ1v) is 16.4. The molecule has 0 saturated carbocycles. The molecule has 26 heavy (non-hydrogen) atoms. The Morgan fingerprint density at radius 1 is 0.731 bits per heavy atom. The summed E-state index contributed by atoms with van der Waals surface area (Å²) >= 11 is 0. The molecule has 2 aromatic rings. The second-order valence-corrected chi connectivity index (χ2v) is 19.7. The van der Waals surface area contributed by atoms with E-state index < -0.39 is 16.1 Å². The van der Waals surface area contributed by atoms with Crippen LogP contribution >= 0.6 is 0 Å². The van der Waals surface area contributed by atoms with Crippen molar-refractivity contribution in [2.45, 2.75) is 65.5 Å². The lowest BCUT2D eigenvalue weighted by Gasteiger charge is -2.23. The van der Waals surface area contributed by atoms with E-state index in [-0.39, 0.29) is 5.41 Å². The van der Waals surface area contributed by atoms with Crippen molar-refractivity contribution in [3.8, 4) is 22.9 Å². The van der Waals surface area contributed by atoms with Gasteiger partial charge in [-0.15, -0.1) is 11.1 Å². The first kappa shape index (κ1) is 20.6. The second kappa shape index (κ2) is 7.11. The molecule has 0 N–H and O–H groups in total. The van der Waals surface area contributed by atoms with Crippen molar-refractivity contribution in [3.63, 3.8) is 0 Å². The summed E-state index contributed by atoms with van der Waals surface area (Å²) in [7, 11) is -2.76. The van der Waals surface area contributed by atoms with Gasteiger partial charge in [-0.3, -0.25) is 0 Å². The average Bonchev–Trinajstić information content (AvgIpc) is 2.47. The van der Waals surface area contributed by atoms with E-state index in [4.69, 9.17) is 0 Å². The van der Waals surface area contributed by atoms with Gasteiger partial charge in [0.2, 0.25) is 0 Å². The smallest absolute Gasteiger partial charge is 0.127 e. The Balaban J connectivity index is 2.68. The van der Waals surface area contributed by atoms with E-state index in [0.29, 0.717) is 0 Å². The summed E-state index contributed by atoms with van der Waals surface area (Å²) in [6.45, 7) is 20.6. The highest BCUT2D eigenvalue weighted by Gasteiger charge is 2.21. The molecule has 0 nitrogen and oxygen atoms in total. The van der Waals surface area contributed by atoms with Gasteiger partial charge in [-0.05, 0) is 39.9 Å². The van der Waals surface area contributed by atoms with Gasteiger partial charge in [-0.25, -0.2) is 0 Å². The van der Waals surface area contributed by atoms with Crippen molar-refractivity contribution >= 4 is 26.9 Å². The third-order valence-corrected chi connectivity index (χ3v) is 5.67. The number of rotatable bonds is 0. The molecule has 0 radical (unpaired) electrons. The Hall–Kier alpha value is -1.75. The zero-order chi connectivity index (χ0) is 19.8. The van der Waals surface area contributed by atoms with Gasteiger partial charge in [0.1, 0.15) is 16.1 Å². The topological polar surface area (TPSA) is 0 Å². The second-order valence-electron chi connectivity index (χ2n) is 10.2. The highest BCUT2D eigenvalue weighted by atomic mass is 28.3. The normalized spacial score (nSPS) is 12.2. The SMILES string of the molecule is CC(C)(C)c1c(C#C[Si](C)(C)C)ccc2cc(C#C[Si](C)(C)C)ccc12. The predicted molar refractivity (Wildman–Crippen MR) is 123 cm³/mol. The van der Waals surface area contributed by atoms with Gasteiger partial charge in [0, 0.05) is 11.1 Å². The van der Waals surface area contributed by atoms with Crippen LogP contribution in [0.2, 0.25) is 39.3 Å². The van der Waals surface area contributed by atoms with Gasteiger partial charge in [-0.1, -0.05) is 84.0 Å². The molecule has 2 aromatic carbocycles. The lowest BCUT2D eigenvalue weighted by molar-refractivity contribution is 0.594. The molecule has 0 heterocycles. The lowest BCUT2D eigenvalue weighted by Crippen LogP contribution is -2.17. The minimum absolute atomic E-state index is 0.0501. The molecule has 2 rings (SSSR count). The monoisotopic (exact) mass is 376 g/mol. The fourth-order valence-corrected chi connectivity index (χ4v) is 3.86. The summed E-state index contributed by atoms with van der Waals surface area (Å²) in [5.41, 5.74) is 10.7. The van der Waals surface area contributed by atoms with Crippen molar-refractivity contribution in [1.29, 1.82) is 0 Å². The number of hydrogen-bond donors (Lipinski definition) is 0. The van der Waals surface area contributed by atoms with E-state index >= 15 is 0 Å². The van der Waals surface area contributed by atoms with E-state index in [1.807, 2.05) is 0 Å². The molecule has 2 heteroatoms. The minimum Gasteiger partial charge on any atom is -0.127 e. The molecular weight excluding hydrogens is 344 g/mol. The maximum Gasteiger partial charge on any atom is 0.129 e. The lowest BCUT2D eigenvalue weighted by atomic mass is 9.80. The molecule has 136 valence electrons. The van der Waals surface area contributed by atoms with Gasteiger partial charge < -0.3 is 0 Å². The number of hydrogen-bond acceptors (Lipinski definition) is 0. The third kappa shape index (κ3) is 5.63. The van der Waals surface area contributed by atoms with Crippen molar-refractivity contribution < 1.29 is 0 Å². The summed E-state index contributed by atoms with van der Waals surface area (Å²) in [5, 5.41) is 2.56. The van der Waals surface area contributed by atoms with Crippen molar-refractivity contribution in [2.75, 3.05) is 0 Å². The molecule has 0 atom stereocenters. The van der Waals surface area contributed by atoms with Gasteiger partial charge in [0.25, 0.3) is 0 Å². The summed E-state index contributed by atoms with van der Waals surface area (Å²) < 4.78 is 0. The molecule has 0 fully saturated rings. The van der Waals surface area contributed by atoms with Crippen LogP contribution in [0, 0.1) is 22.9 Å². The van der Waals surface area contributed by atoms with Crippen LogP contribution in [0.4, 0.5) is 0 Å². The van der Waals surface area contributed by atoms with Gasteiger partial charge in [0.05, 0.1) is 0 Å². The fourth-order valence-electron chi connectivity index (χ4n) is 2.83. The van der Waals surface area contributed by atoms with Crippen LogP contribution in [-0.2, 0) is 5.41 Å². The largest absolute Gasteiger partial charge is 0.129 e. The maximum absolute atomic E-state index is 3.53. The van der Waals surface area contributed by atoms with Crippen LogP contribution in [0.15, 0.2) is 30.3 Å². The van der Waals surface area contributed by atoms with Crippen LogP contribution in [0.3, 0.4) is 0 Å². The number of fused-ring (bicyclic) bond motifs is 1. The van der Waals surface area contributed by atoms with Gasteiger partial charge in [-0.2, -0.15) is 0 Å². The first-order chi connectivity index (χ1) is 11.8. The molecule has 0 aromatic heterocycles. The Labute approximate surface area is 162 Å². The van der Waals surface area contributed by atoms with Crippen LogP contribution in [0.5, 0.6) is 0 Å². The first-order valence-electron chi connectivity index (χ1n) is 9.40. The van der Waals surface area contributed by atoms with Crippen molar-refractivity contribution in [2.24, 2.45) is 0 Å². The van der Waals surface area contributed by atoms with Gasteiger partial charge in [0.15, 0.2) is 0 Å². The average molecular weight is 377 g/mol. The molecular formula is C24H32Si2. The van der Waals surface area contributed by atoms with E-state index in [1.165, 1.54) is 21.9 Å². The molecule has 0 spiro atoms. The summed E-state index contributed by atoms with van der Waals surface area (Å²) in [6.07, 6.45) is 0. The zero-order valence-corrected chi connectivity index (χ0v) is 19.9. The van der Waals surface area contributed by atoms with E-state index in [1.54, 1.807) is 0 Å². The fraction of sp³-hybridized carbons (Fsp3) is 0.417. The zero-order valence-electron chi connectivity index (χ0n) is 17.9. The molecule has 0 aliphatic rings. The Morgan fingerprint density at radius 3 is 1.85 bits per heavy atom. The standard InChI is InChI=1S/C24H32Si2/c1-24(2,3)23-20(15-17-26(7,8)9)11-12-21-18-19(10-13-22(21)23)14-16-25(4,5)6/h10-13,18H,1-9H3. The molecule has 0 aliphatic carbocycles. The van der Waals surface area contributed by atoms with E-state index in [0.717, 1.165) is 5.56 Å². The minimum atomic E-state index is -1.40. The highest BCUT2D eigenvalue weighted by Crippen LogP contribution is 2.33. The molecule has 0 bridgehead atoms. The van der Waals surface area contributed by atoms with Crippen LogP contribution in [-0.4, -0.2) is 16.1 Å². The van der Waals surface area contributed by atoms with Crippen LogP contribution < -0.4 is 0 Å². The summed E-state index contributed by atoms with van der Waals surface area (Å²) in [6, 6.07) is 11.0. The molecule has 0 unspecified atom stereocenters. The molecule has 0 amide bonds. The predicted octanol–water partition coefficient (Wildman–Crippen LogP) is 6.60. The van der Waals surface area contributed by atoms with Crippen LogP contribution in [0.1, 0.15) is 37.5 Å².